The molecule has 4 heteroatoms. The van der Waals surface area contributed by atoms with Crippen LogP contribution < -0.4 is 0 Å². The molecule has 0 aromatic rings. The molecule has 1 N–H and O–H groups in total. The zero-order valence-electron chi connectivity index (χ0n) is 8.30. The molecule has 74 valence electrons. The van der Waals surface area contributed by atoms with Crippen molar-refractivity contribution in [2.75, 3.05) is 13.2 Å². The molecule has 0 amide bonds. The fourth-order valence-corrected chi connectivity index (χ4v) is 3.11. The highest BCUT2D eigenvalue weighted by Crippen LogP contribution is 2.13. The second-order valence-electron chi connectivity index (χ2n) is 2.68. The molecular weight excluding hydrogens is 172 g/mol. The minimum atomic E-state index is -2.77. The maximum atomic E-state index is 9.84. The second-order valence-corrected chi connectivity index (χ2v) is 5.19. The van der Waals surface area contributed by atoms with Crippen molar-refractivity contribution >= 4 is 8.80 Å². The monoisotopic (exact) mass is 192 g/mol. The Balaban J connectivity index is 3.80. The minimum Gasteiger partial charge on any atom is -0.390 e. The van der Waals surface area contributed by atoms with Crippen LogP contribution in [0.2, 0.25) is 6.04 Å². The van der Waals surface area contributed by atoms with E-state index in [9.17, 15) is 4.80 Å². The zero-order valence-corrected chi connectivity index (χ0v) is 9.30. The van der Waals surface area contributed by atoms with Crippen molar-refractivity contribution in [3.8, 4) is 0 Å². The average Bonchev–Trinajstić information content (AvgIpc) is 2.02. The van der Waals surface area contributed by atoms with Crippen molar-refractivity contribution in [3.05, 3.63) is 0 Å². The van der Waals surface area contributed by atoms with Gasteiger partial charge in [0.1, 0.15) is 0 Å². The fourth-order valence-electron chi connectivity index (χ4n) is 1.04. The van der Waals surface area contributed by atoms with Crippen LogP contribution in [0.15, 0.2) is 0 Å². The molecule has 0 rings (SSSR count). The molecule has 3 nitrogen and oxygen atoms in total. The summed E-state index contributed by atoms with van der Waals surface area (Å²) in [6.45, 7) is 6.91. The molecule has 0 radical (unpaired) electrons. The highest BCUT2D eigenvalue weighted by atomic mass is 28.4. The fraction of sp³-hybridized carbons (Fsp3) is 1.00. The molecule has 0 saturated carbocycles. The summed E-state index contributed by atoms with van der Waals surface area (Å²) in [5, 5.41) is 0. The van der Waals surface area contributed by atoms with E-state index in [1.165, 1.54) is 0 Å². The van der Waals surface area contributed by atoms with Crippen LogP contribution in [0, 0.1) is 0 Å². The topological polar surface area (TPSA) is 38.7 Å². The molecule has 0 fully saturated rings. The maximum absolute atomic E-state index is 9.84. The van der Waals surface area contributed by atoms with Crippen LogP contribution in [0.1, 0.15) is 33.6 Å². The smallest absolute Gasteiger partial charge is 0.390 e. The van der Waals surface area contributed by atoms with E-state index < -0.39 is 8.80 Å². The first-order chi connectivity index (χ1) is 5.68. The molecule has 0 aliphatic heterocycles. The van der Waals surface area contributed by atoms with Gasteiger partial charge in [-0.2, -0.15) is 0 Å². The summed E-state index contributed by atoms with van der Waals surface area (Å²) in [7, 11) is -2.77. The van der Waals surface area contributed by atoms with Crippen LogP contribution in [0.5, 0.6) is 0 Å². The quantitative estimate of drug-likeness (QED) is 0.625. The Morgan fingerprint density at radius 1 is 1.08 bits per heavy atom. The van der Waals surface area contributed by atoms with Crippen LogP contribution in [-0.4, -0.2) is 26.8 Å². The third-order valence-electron chi connectivity index (χ3n) is 1.59. The van der Waals surface area contributed by atoms with Gasteiger partial charge in [0.15, 0.2) is 0 Å². The highest BCUT2D eigenvalue weighted by Gasteiger charge is 2.34. The Hall–Kier alpha value is 0.0969. The van der Waals surface area contributed by atoms with E-state index in [0.29, 0.717) is 19.3 Å². The lowest BCUT2D eigenvalue weighted by Crippen LogP contribution is -2.42. The Kier molecular flexibility index (Phi) is 6.65. The van der Waals surface area contributed by atoms with Crippen molar-refractivity contribution in [2.24, 2.45) is 0 Å². The van der Waals surface area contributed by atoms with E-state index in [-0.39, 0.29) is 0 Å². The van der Waals surface area contributed by atoms with Crippen molar-refractivity contribution in [2.45, 2.75) is 39.7 Å². The molecule has 0 aromatic carbocycles. The Morgan fingerprint density at radius 3 is 1.92 bits per heavy atom. The minimum absolute atomic E-state index is 0.534. The molecule has 0 saturated heterocycles. The molecule has 0 aliphatic rings. The van der Waals surface area contributed by atoms with Gasteiger partial charge in [-0.05, 0) is 20.3 Å². The van der Waals surface area contributed by atoms with E-state index >= 15 is 0 Å². The Labute approximate surface area is 76.1 Å². The summed E-state index contributed by atoms with van der Waals surface area (Å²) < 4.78 is 10.5. The number of hydrogen-bond donors (Lipinski definition) is 1. The van der Waals surface area contributed by atoms with E-state index in [2.05, 4.69) is 6.92 Å². The normalized spacial score (nSPS) is 12.0. The highest BCUT2D eigenvalue weighted by molar-refractivity contribution is 6.59. The van der Waals surface area contributed by atoms with E-state index in [0.717, 1.165) is 12.8 Å². The molecule has 0 aliphatic carbocycles. The Bertz CT molecular complexity index is 102. The van der Waals surface area contributed by atoms with Gasteiger partial charge >= 0.3 is 8.80 Å². The molecule has 0 spiro atoms. The van der Waals surface area contributed by atoms with E-state index in [4.69, 9.17) is 8.85 Å². The van der Waals surface area contributed by atoms with Crippen molar-refractivity contribution in [1.29, 1.82) is 0 Å². The molecule has 0 unspecified atom stereocenters. The molecule has 0 bridgehead atoms. The summed E-state index contributed by atoms with van der Waals surface area (Å²) in [5.41, 5.74) is 0. The van der Waals surface area contributed by atoms with Gasteiger partial charge in [0.05, 0.1) is 0 Å². The van der Waals surface area contributed by atoms with Gasteiger partial charge in [-0.3, -0.25) is 0 Å². The van der Waals surface area contributed by atoms with Gasteiger partial charge < -0.3 is 13.6 Å². The lowest BCUT2D eigenvalue weighted by molar-refractivity contribution is 0.108. The third-order valence-corrected chi connectivity index (χ3v) is 4.05. The summed E-state index contributed by atoms with van der Waals surface area (Å²) in [5.74, 6) is 0. The van der Waals surface area contributed by atoms with Gasteiger partial charge in [0, 0.05) is 19.3 Å². The van der Waals surface area contributed by atoms with E-state index in [1.807, 2.05) is 13.8 Å². The van der Waals surface area contributed by atoms with Crippen molar-refractivity contribution in [1.82, 2.24) is 0 Å². The van der Waals surface area contributed by atoms with Crippen molar-refractivity contribution in [3.63, 3.8) is 0 Å². The Morgan fingerprint density at radius 2 is 1.58 bits per heavy atom. The van der Waals surface area contributed by atoms with Gasteiger partial charge in [-0.25, -0.2) is 0 Å². The molecular formula is C8H20O3Si. The zero-order chi connectivity index (χ0) is 9.45. The molecule has 0 atom stereocenters. The second kappa shape index (κ2) is 6.60. The maximum Gasteiger partial charge on any atom is 0.498 e. The van der Waals surface area contributed by atoms with E-state index in [1.54, 1.807) is 0 Å². The summed E-state index contributed by atoms with van der Waals surface area (Å²) in [6.07, 6.45) is 2.04. The SMILES string of the molecule is CCCC[Si](O)(OCC)OCC. The van der Waals surface area contributed by atoms with Crippen LogP contribution in [0.4, 0.5) is 0 Å². The molecule has 0 heterocycles. The molecule has 0 aromatic heterocycles. The van der Waals surface area contributed by atoms with Crippen LogP contribution in [0.3, 0.4) is 0 Å². The standard InChI is InChI=1S/C8H20O3Si/c1-4-7-8-12(9,10-5-2)11-6-3/h9H,4-8H2,1-3H3. The van der Waals surface area contributed by atoms with Gasteiger partial charge in [-0.1, -0.05) is 13.3 Å². The van der Waals surface area contributed by atoms with Gasteiger partial charge in [0.25, 0.3) is 0 Å². The number of unbranched alkanes of at least 4 members (excludes halogenated alkanes) is 1. The van der Waals surface area contributed by atoms with Crippen LogP contribution >= 0.6 is 0 Å². The predicted octanol–water partition coefficient (Wildman–Crippen LogP) is 1.79. The molecule has 12 heavy (non-hydrogen) atoms. The number of hydrogen-bond acceptors (Lipinski definition) is 3. The summed E-state index contributed by atoms with van der Waals surface area (Å²) in [6, 6.07) is 0.686. The van der Waals surface area contributed by atoms with Crippen LogP contribution in [-0.2, 0) is 8.85 Å². The lowest BCUT2D eigenvalue weighted by Gasteiger charge is -2.22. The average molecular weight is 192 g/mol. The van der Waals surface area contributed by atoms with Crippen molar-refractivity contribution < 1.29 is 13.6 Å². The van der Waals surface area contributed by atoms with Gasteiger partial charge in [-0.15, -0.1) is 0 Å². The van der Waals surface area contributed by atoms with Gasteiger partial charge in [0.2, 0.25) is 0 Å². The summed E-state index contributed by atoms with van der Waals surface area (Å²) in [4.78, 5) is 9.84. The number of rotatable bonds is 7. The first kappa shape index (κ1) is 12.1. The van der Waals surface area contributed by atoms with Crippen LogP contribution in [0.25, 0.3) is 0 Å². The largest absolute Gasteiger partial charge is 0.498 e. The predicted molar refractivity (Wildman–Crippen MR) is 50.9 cm³/mol. The first-order valence-corrected chi connectivity index (χ1v) is 6.65. The summed E-state index contributed by atoms with van der Waals surface area (Å²) >= 11 is 0. The third kappa shape index (κ3) is 4.87. The first-order valence-electron chi connectivity index (χ1n) is 4.68. The lowest BCUT2D eigenvalue weighted by atomic mass is 10.4.